The maximum absolute atomic E-state index is 12.0. The van der Waals surface area contributed by atoms with Gasteiger partial charge in [0, 0.05) is 10.6 Å². The first-order valence-electron chi connectivity index (χ1n) is 6.59. The van der Waals surface area contributed by atoms with Crippen LogP contribution in [0.25, 0.3) is 0 Å². The first kappa shape index (κ1) is 16.5. The summed E-state index contributed by atoms with van der Waals surface area (Å²) in [5.74, 6) is -0.528. The van der Waals surface area contributed by atoms with Crippen LogP contribution in [0.1, 0.15) is 22.8 Å². The number of carbonyl (C=O) groups excluding carboxylic acids is 1. The van der Waals surface area contributed by atoms with E-state index in [1.807, 2.05) is 19.1 Å². The van der Waals surface area contributed by atoms with E-state index >= 15 is 0 Å². The molecule has 1 amide bonds. The monoisotopic (exact) mass is 338 g/mol. The minimum atomic E-state index is -3.83. The van der Waals surface area contributed by atoms with Gasteiger partial charge in [0.25, 0.3) is 15.9 Å². The molecule has 116 valence electrons. The SMILES string of the molecule is CCc1ccc(C(=O)NNS(=O)(=O)c2ccc(Cl)cc2)cc1. The van der Waals surface area contributed by atoms with Crippen LogP contribution in [0.2, 0.25) is 5.02 Å². The molecule has 5 nitrogen and oxygen atoms in total. The molecule has 0 heterocycles. The summed E-state index contributed by atoms with van der Waals surface area (Å²) in [5, 5.41) is 0.430. The van der Waals surface area contributed by atoms with Crippen LogP contribution in [0.4, 0.5) is 0 Å². The van der Waals surface area contributed by atoms with E-state index in [0.29, 0.717) is 10.6 Å². The molecular weight excluding hydrogens is 324 g/mol. The highest BCUT2D eigenvalue weighted by Crippen LogP contribution is 2.13. The quantitative estimate of drug-likeness (QED) is 0.822. The lowest BCUT2D eigenvalue weighted by Gasteiger charge is -2.09. The van der Waals surface area contributed by atoms with E-state index in [1.54, 1.807) is 12.1 Å². The third-order valence-electron chi connectivity index (χ3n) is 3.05. The minimum Gasteiger partial charge on any atom is -0.273 e. The summed E-state index contributed by atoms with van der Waals surface area (Å²) < 4.78 is 24.0. The lowest BCUT2D eigenvalue weighted by Crippen LogP contribution is -2.41. The average Bonchev–Trinajstić information content (AvgIpc) is 2.53. The Bertz CT molecular complexity index is 756. The predicted octanol–water partition coefficient (Wildman–Crippen LogP) is 2.53. The van der Waals surface area contributed by atoms with E-state index in [1.165, 1.54) is 24.3 Å². The third kappa shape index (κ3) is 4.07. The summed E-state index contributed by atoms with van der Waals surface area (Å²) >= 11 is 5.71. The summed E-state index contributed by atoms with van der Waals surface area (Å²) in [5.41, 5.74) is 3.65. The highest BCUT2D eigenvalue weighted by molar-refractivity contribution is 7.89. The van der Waals surface area contributed by atoms with Gasteiger partial charge in [0.05, 0.1) is 4.90 Å². The van der Waals surface area contributed by atoms with Crippen molar-refractivity contribution < 1.29 is 13.2 Å². The van der Waals surface area contributed by atoms with E-state index in [4.69, 9.17) is 11.6 Å². The number of hydrogen-bond acceptors (Lipinski definition) is 3. The second-order valence-electron chi connectivity index (χ2n) is 4.56. The van der Waals surface area contributed by atoms with Crippen molar-refractivity contribution in [3.8, 4) is 0 Å². The van der Waals surface area contributed by atoms with E-state index in [0.717, 1.165) is 12.0 Å². The largest absolute Gasteiger partial charge is 0.273 e. The Hall–Kier alpha value is -1.89. The van der Waals surface area contributed by atoms with Crippen LogP contribution >= 0.6 is 11.6 Å². The van der Waals surface area contributed by atoms with Crippen molar-refractivity contribution in [1.29, 1.82) is 0 Å². The number of carbonyl (C=O) groups is 1. The van der Waals surface area contributed by atoms with Gasteiger partial charge in [-0.25, -0.2) is 8.42 Å². The van der Waals surface area contributed by atoms with Crippen LogP contribution in [0, 0.1) is 0 Å². The second-order valence-corrected chi connectivity index (χ2v) is 6.68. The zero-order valence-electron chi connectivity index (χ0n) is 11.8. The smallest absolute Gasteiger partial charge is 0.266 e. The van der Waals surface area contributed by atoms with E-state index in [9.17, 15) is 13.2 Å². The topological polar surface area (TPSA) is 75.3 Å². The van der Waals surface area contributed by atoms with Crippen LogP contribution in [0.3, 0.4) is 0 Å². The summed E-state index contributed by atoms with van der Waals surface area (Å²) in [6.45, 7) is 2.01. The number of hydrogen-bond donors (Lipinski definition) is 2. The molecule has 0 saturated heterocycles. The molecule has 0 fully saturated rings. The molecule has 0 aliphatic rings. The van der Waals surface area contributed by atoms with Gasteiger partial charge in [-0.1, -0.05) is 30.7 Å². The summed E-state index contributed by atoms with van der Waals surface area (Å²) in [6.07, 6.45) is 0.866. The number of amides is 1. The molecule has 2 aromatic rings. The Morgan fingerprint density at radius 2 is 1.64 bits per heavy atom. The van der Waals surface area contributed by atoms with Gasteiger partial charge >= 0.3 is 0 Å². The van der Waals surface area contributed by atoms with Gasteiger partial charge in [0.1, 0.15) is 0 Å². The number of rotatable bonds is 5. The molecule has 0 saturated carbocycles. The highest BCUT2D eigenvalue weighted by Gasteiger charge is 2.15. The maximum Gasteiger partial charge on any atom is 0.266 e. The maximum atomic E-state index is 12.0. The Balaban J connectivity index is 2.04. The van der Waals surface area contributed by atoms with Crippen molar-refractivity contribution in [2.45, 2.75) is 18.2 Å². The van der Waals surface area contributed by atoms with E-state index in [-0.39, 0.29) is 4.90 Å². The summed E-state index contributed by atoms with van der Waals surface area (Å²) in [7, 11) is -3.83. The van der Waals surface area contributed by atoms with Gasteiger partial charge in [-0.3, -0.25) is 10.2 Å². The van der Waals surface area contributed by atoms with Gasteiger partial charge < -0.3 is 0 Å². The number of benzene rings is 2. The van der Waals surface area contributed by atoms with Gasteiger partial charge in [-0.15, -0.1) is 4.83 Å². The lowest BCUT2D eigenvalue weighted by atomic mass is 10.1. The number of halogens is 1. The van der Waals surface area contributed by atoms with Crippen molar-refractivity contribution in [3.63, 3.8) is 0 Å². The lowest BCUT2D eigenvalue weighted by molar-refractivity contribution is 0.0945. The molecule has 7 heteroatoms. The number of sulfonamides is 1. The molecular formula is C15H15ClN2O3S. The molecule has 0 unspecified atom stereocenters. The van der Waals surface area contributed by atoms with E-state index in [2.05, 4.69) is 10.3 Å². The zero-order chi connectivity index (χ0) is 16.2. The fraction of sp³-hybridized carbons (Fsp3) is 0.133. The Labute approximate surface area is 134 Å². The first-order chi connectivity index (χ1) is 10.4. The van der Waals surface area contributed by atoms with Crippen LogP contribution in [0.15, 0.2) is 53.4 Å². The van der Waals surface area contributed by atoms with Crippen molar-refractivity contribution in [1.82, 2.24) is 10.3 Å². The fourth-order valence-electron chi connectivity index (χ4n) is 1.75. The van der Waals surface area contributed by atoms with Gasteiger partial charge in [0.2, 0.25) is 0 Å². The summed E-state index contributed by atoms with van der Waals surface area (Å²) in [6, 6.07) is 12.6. The molecule has 0 aliphatic heterocycles. The molecule has 0 bridgehead atoms. The van der Waals surface area contributed by atoms with Crippen molar-refractivity contribution in [3.05, 3.63) is 64.7 Å². The average molecular weight is 339 g/mol. The number of hydrazine groups is 1. The molecule has 0 radical (unpaired) electrons. The number of aryl methyl sites for hydroxylation is 1. The molecule has 0 spiro atoms. The Morgan fingerprint density at radius 1 is 1.05 bits per heavy atom. The third-order valence-corrected chi connectivity index (χ3v) is 4.56. The van der Waals surface area contributed by atoms with Crippen molar-refractivity contribution >= 4 is 27.5 Å². The molecule has 2 N–H and O–H groups in total. The summed E-state index contributed by atoms with van der Waals surface area (Å²) in [4.78, 5) is 14.0. The van der Waals surface area contributed by atoms with Gasteiger partial charge in [0.15, 0.2) is 0 Å². The van der Waals surface area contributed by atoms with Gasteiger partial charge in [-0.2, -0.15) is 0 Å². The Kier molecular flexibility index (Phi) is 5.18. The van der Waals surface area contributed by atoms with E-state index < -0.39 is 15.9 Å². The van der Waals surface area contributed by atoms with Crippen LogP contribution < -0.4 is 10.3 Å². The molecule has 2 rings (SSSR count). The Morgan fingerprint density at radius 3 is 2.18 bits per heavy atom. The first-order valence-corrected chi connectivity index (χ1v) is 8.45. The molecule has 0 aromatic heterocycles. The zero-order valence-corrected chi connectivity index (χ0v) is 13.4. The number of nitrogens with one attached hydrogen (secondary N) is 2. The standard InChI is InChI=1S/C15H15ClN2O3S/c1-2-11-3-5-12(6-4-11)15(19)17-18-22(20,21)14-9-7-13(16)8-10-14/h3-10,18H,2H2,1H3,(H,17,19). The molecule has 2 aromatic carbocycles. The fourth-order valence-corrected chi connectivity index (χ4v) is 2.72. The van der Waals surface area contributed by atoms with Crippen LogP contribution in [0.5, 0.6) is 0 Å². The molecule has 0 aliphatic carbocycles. The normalized spacial score (nSPS) is 11.2. The second kappa shape index (κ2) is 6.91. The minimum absolute atomic E-state index is 0.0125. The molecule has 0 atom stereocenters. The predicted molar refractivity (Wildman–Crippen MR) is 85.1 cm³/mol. The van der Waals surface area contributed by atoms with Crippen LogP contribution in [-0.4, -0.2) is 14.3 Å². The van der Waals surface area contributed by atoms with Gasteiger partial charge in [-0.05, 0) is 48.4 Å². The van der Waals surface area contributed by atoms with Crippen molar-refractivity contribution in [2.24, 2.45) is 0 Å². The van der Waals surface area contributed by atoms with Crippen LogP contribution in [-0.2, 0) is 16.4 Å². The molecule has 22 heavy (non-hydrogen) atoms. The van der Waals surface area contributed by atoms with Crippen molar-refractivity contribution in [2.75, 3.05) is 0 Å². The highest BCUT2D eigenvalue weighted by atomic mass is 35.5.